The minimum absolute atomic E-state index is 0.222. The molecule has 0 unspecified atom stereocenters. The summed E-state index contributed by atoms with van der Waals surface area (Å²) in [5.74, 6) is 3.18. The number of rotatable bonds is 6. The normalized spacial score (nSPS) is 12.7. The fourth-order valence-corrected chi connectivity index (χ4v) is 2.04. The van der Waals surface area contributed by atoms with Crippen molar-refractivity contribution in [3.63, 3.8) is 0 Å². The second-order valence-corrected chi connectivity index (χ2v) is 4.62. The second-order valence-electron chi connectivity index (χ2n) is 4.62. The summed E-state index contributed by atoms with van der Waals surface area (Å²) in [6.45, 7) is 5.84. The van der Waals surface area contributed by atoms with E-state index < -0.39 is 0 Å². The molecule has 3 rings (SSSR count). The van der Waals surface area contributed by atoms with Crippen molar-refractivity contribution < 1.29 is 18.7 Å². The lowest BCUT2D eigenvalue weighted by Gasteiger charge is -2.11. The Balaban J connectivity index is 1.78. The number of fused-ring (bicyclic) bond motifs is 1. The highest BCUT2D eigenvalue weighted by Crippen LogP contribution is 2.38. The first kappa shape index (κ1) is 13.7. The third kappa shape index (κ3) is 3.08. The van der Waals surface area contributed by atoms with Crippen LogP contribution in [0.5, 0.6) is 17.2 Å². The van der Waals surface area contributed by atoms with Crippen molar-refractivity contribution in [2.24, 2.45) is 0 Å². The standard InChI is InChI=1S/C14H17N3O4/c1-3-15-6-10-4-12-13(20-8-19-12)5-11(10)18-7-14-16-9(2)17-21-14/h4-5,15H,3,6-8H2,1-2H3. The van der Waals surface area contributed by atoms with E-state index in [9.17, 15) is 0 Å². The maximum atomic E-state index is 5.79. The van der Waals surface area contributed by atoms with Crippen LogP contribution in [0.1, 0.15) is 24.2 Å². The Kier molecular flexibility index (Phi) is 3.92. The van der Waals surface area contributed by atoms with Gasteiger partial charge in [-0.2, -0.15) is 4.98 Å². The van der Waals surface area contributed by atoms with Crippen LogP contribution in [0.15, 0.2) is 16.7 Å². The molecule has 1 aromatic heterocycles. The number of hydrogen-bond donors (Lipinski definition) is 1. The van der Waals surface area contributed by atoms with E-state index >= 15 is 0 Å². The molecule has 1 aliphatic rings. The monoisotopic (exact) mass is 291 g/mol. The molecular weight excluding hydrogens is 274 g/mol. The lowest BCUT2D eigenvalue weighted by atomic mass is 10.1. The molecular formula is C14H17N3O4. The summed E-state index contributed by atoms with van der Waals surface area (Å²) < 4.78 is 21.6. The Morgan fingerprint density at radius 1 is 1.29 bits per heavy atom. The summed E-state index contributed by atoms with van der Waals surface area (Å²) in [6.07, 6.45) is 0. The van der Waals surface area contributed by atoms with E-state index in [1.165, 1.54) is 0 Å². The number of benzene rings is 1. The first-order valence-electron chi connectivity index (χ1n) is 6.81. The van der Waals surface area contributed by atoms with Gasteiger partial charge < -0.3 is 24.1 Å². The van der Waals surface area contributed by atoms with Gasteiger partial charge in [-0.25, -0.2) is 0 Å². The minimum Gasteiger partial charge on any atom is -0.483 e. The zero-order chi connectivity index (χ0) is 14.7. The Morgan fingerprint density at radius 2 is 2.10 bits per heavy atom. The summed E-state index contributed by atoms with van der Waals surface area (Å²) in [7, 11) is 0. The van der Waals surface area contributed by atoms with E-state index in [0.29, 0.717) is 24.0 Å². The molecule has 1 aliphatic heterocycles. The maximum absolute atomic E-state index is 5.79. The van der Waals surface area contributed by atoms with Crippen molar-refractivity contribution in [3.05, 3.63) is 29.4 Å². The molecule has 0 saturated heterocycles. The molecule has 2 heterocycles. The SMILES string of the molecule is CCNCc1cc2c(cc1OCc1nc(C)no1)OCO2. The second kappa shape index (κ2) is 6.01. The molecule has 21 heavy (non-hydrogen) atoms. The predicted octanol–water partition coefficient (Wildman–Crippen LogP) is 1.80. The van der Waals surface area contributed by atoms with Gasteiger partial charge in [0.15, 0.2) is 23.9 Å². The Hall–Kier alpha value is -2.28. The van der Waals surface area contributed by atoms with Crippen molar-refractivity contribution in [2.45, 2.75) is 27.0 Å². The highest BCUT2D eigenvalue weighted by atomic mass is 16.7. The van der Waals surface area contributed by atoms with Crippen LogP contribution in [0, 0.1) is 6.92 Å². The van der Waals surface area contributed by atoms with Crippen molar-refractivity contribution in [1.82, 2.24) is 15.5 Å². The summed E-state index contributed by atoms with van der Waals surface area (Å²) in [6, 6.07) is 3.76. The third-order valence-corrected chi connectivity index (χ3v) is 3.04. The molecule has 0 spiro atoms. The van der Waals surface area contributed by atoms with Gasteiger partial charge in [0, 0.05) is 18.2 Å². The molecule has 2 aromatic rings. The highest BCUT2D eigenvalue weighted by Gasteiger charge is 2.18. The Labute approximate surface area is 122 Å². The molecule has 0 aliphatic carbocycles. The quantitative estimate of drug-likeness (QED) is 0.869. The van der Waals surface area contributed by atoms with Crippen molar-refractivity contribution >= 4 is 0 Å². The summed E-state index contributed by atoms with van der Waals surface area (Å²) >= 11 is 0. The van der Waals surface area contributed by atoms with Gasteiger partial charge in [-0.3, -0.25) is 0 Å². The maximum Gasteiger partial charge on any atom is 0.264 e. The van der Waals surface area contributed by atoms with Crippen LogP contribution < -0.4 is 19.5 Å². The van der Waals surface area contributed by atoms with Crippen LogP contribution in [-0.4, -0.2) is 23.5 Å². The lowest BCUT2D eigenvalue weighted by molar-refractivity contribution is 0.173. The van der Waals surface area contributed by atoms with Crippen molar-refractivity contribution in [2.75, 3.05) is 13.3 Å². The van der Waals surface area contributed by atoms with Gasteiger partial charge in [0.2, 0.25) is 6.79 Å². The van der Waals surface area contributed by atoms with Gasteiger partial charge in [0.05, 0.1) is 0 Å². The minimum atomic E-state index is 0.222. The molecule has 1 N–H and O–H groups in total. The van der Waals surface area contributed by atoms with Crippen LogP contribution in [0.2, 0.25) is 0 Å². The summed E-state index contributed by atoms with van der Waals surface area (Å²) in [5, 5.41) is 7.01. The van der Waals surface area contributed by atoms with Gasteiger partial charge in [0.1, 0.15) is 5.75 Å². The Bertz CT molecular complexity index is 627. The number of nitrogens with one attached hydrogen (secondary N) is 1. The zero-order valence-electron chi connectivity index (χ0n) is 12.0. The van der Waals surface area contributed by atoms with Crippen LogP contribution in [-0.2, 0) is 13.2 Å². The summed E-state index contributed by atoms with van der Waals surface area (Å²) in [5.41, 5.74) is 0.998. The zero-order valence-corrected chi connectivity index (χ0v) is 12.0. The fraction of sp³-hybridized carbons (Fsp3) is 0.429. The molecule has 7 heteroatoms. The number of nitrogens with zero attached hydrogens (tertiary/aromatic N) is 2. The van der Waals surface area contributed by atoms with Crippen LogP contribution in [0.25, 0.3) is 0 Å². The van der Waals surface area contributed by atoms with Crippen LogP contribution >= 0.6 is 0 Å². The van der Waals surface area contributed by atoms with Gasteiger partial charge in [-0.05, 0) is 19.5 Å². The molecule has 0 atom stereocenters. The molecule has 112 valence electrons. The highest BCUT2D eigenvalue weighted by molar-refractivity contribution is 5.51. The number of aryl methyl sites for hydroxylation is 1. The molecule has 0 saturated carbocycles. The molecule has 1 aromatic carbocycles. The Morgan fingerprint density at radius 3 is 2.81 bits per heavy atom. The van der Waals surface area contributed by atoms with Crippen molar-refractivity contribution in [1.29, 1.82) is 0 Å². The van der Waals surface area contributed by atoms with E-state index in [1.807, 2.05) is 12.1 Å². The van der Waals surface area contributed by atoms with Crippen LogP contribution in [0.3, 0.4) is 0 Å². The first-order valence-corrected chi connectivity index (χ1v) is 6.81. The largest absolute Gasteiger partial charge is 0.483 e. The van der Waals surface area contributed by atoms with E-state index in [4.69, 9.17) is 18.7 Å². The average molecular weight is 291 g/mol. The first-order chi connectivity index (χ1) is 10.3. The van der Waals surface area contributed by atoms with Gasteiger partial charge in [-0.15, -0.1) is 0 Å². The molecule has 0 bridgehead atoms. The van der Waals surface area contributed by atoms with E-state index in [-0.39, 0.29) is 13.4 Å². The topological polar surface area (TPSA) is 78.6 Å². The number of ether oxygens (including phenoxy) is 3. The van der Waals surface area contributed by atoms with Crippen molar-refractivity contribution in [3.8, 4) is 17.2 Å². The lowest BCUT2D eigenvalue weighted by Crippen LogP contribution is -2.13. The number of aromatic nitrogens is 2. The van der Waals surface area contributed by atoms with Crippen LogP contribution in [0.4, 0.5) is 0 Å². The van der Waals surface area contributed by atoms with Gasteiger partial charge >= 0.3 is 0 Å². The molecule has 0 amide bonds. The number of hydrogen-bond acceptors (Lipinski definition) is 7. The molecule has 7 nitrogen and oxygen atoms in total. The summed E-state index contributed by atoms with van der Waals surface area (Å²) in [4.78, 5) is 4.12. The van der Waals surface area contributed by atoms with Gasteiger partial charge in [0.25, 0.3) is 5.89 Å². The average Bonchev–Trinajstić information content (AvgIpc) is 3.10. The third-order valence-electron chi connectivity index (χ3n) is 3.04. The predicted molar refractivity (Wildman–Crippen MR) is 73.3 cm³/mol. The van der Waals surface area contributed by atoms with Gasteiger partial charge in [-0.1, -0.05) is 12.1 Å². The molecule has 0 fully saturated rings. The van der Waals surface area contributed by atoms with E-state index in [1.54, 1.807) is 6.92 Å². The smallest absolute Gasteiger partial charge is 0.264 e. The fourth-order valence-electron chi connectivity index (χ4n) is 2.04. The van der Waals surface area contributed by atoms with E-state index in [0.717, 1.165) is 23.6 Å². The van der Waals surface area contributed by atoms with E-state index in [2.05, 4.69) is 22.4 Å². The molecule has 0 radical (unpaired) electrons.